The van der Waals surface area contributed by atoms with Gasteiger partial charge in [-0.05, 0) is 18.6 Å². The van der Waals surface area contributed by atoms with Crippen molar-refractivity contribution in [1.29, 1.82) is 0 Å². The Bertz CT molecular complexity index is 655. The molecule has 0 saturated carbocycles. The van der Waals surface area contributed by atoms with E-state index in [1.54, 1.807) is 48.5 Å². The van der Waals surface area contributed by atoms with Crippen molar-refractivity contribution >= 4 is 27.7 Å². The maximum Gasteiger partial charge on any atom is 0.336 e. The molecule has 0 heterocycles. The molecule has 0 aliphatic heterocycles. The molecule has 0 bridgehead atoms. The van der Waals surface area contributed by atoms with E-state index in [2.05, 4.69) is 15.9 Å². The number of hydrogen-bond donors (Lipinski definition) is 0. The second-order valence-electron chi connectivity index (χ2n) is 5.30. The van der Waals surface area contributed by atoms with Crippen LogP contribution < -0.4 is 4.74 Å². The number of esters is 1. The van der Waals surface area contributed by atoms with Gasteiger partial charge in [-0.3, -0.25) is 4.79 Å². The lowest BCUT2D eigenvalue weighted by molar-refractivity contribution is -0.135. The van der Waals surface area contributed by atoms with Crippen LogP contribution in [0.1, 0.15) is 36.5 Å². The summed E-state index contributed by atoms with van der Waals surface area (Å²) in [5.74, 6) is -0.419. The van der Waals surface area contributed by atoms with Crippen molar-refractivity contribution in [1.82, 2.24) is 0 Å². The molecule has 0 saturated heterocycles. The molecule has 0 aliphatic rings. The third kappa shape index (κ3) is 4.29. The zero-order valence-corrected chi connectivity index (χ0v) is 14.6. The topological polar surface area (TPSA) is 43.4 Å². The summed E-state index contributed by atoms with van der Waals surface area (Å²) in [6, 6.07) is 17.6. The number of ketones is 1. The average molecular weight is 375 g/mol. The number of rotatable bonds is 7. The van der Waals surface area contributed by atoms with Gasteiger partial charge in [-0.2, -0.15) is 0 Å². The SMILES string of the molecule is CCCCC(Br)(C(=O)Oc1ccccc1)C(=O)c1ccccc1. The zero-order chi connectivity index (χ0) is 16.7. The summed E-state index contributed by atoms with van der Waals surface area (Å²) in [7, 11) is 0. The van der Waals surface area contributed by atoms with Crippen molar-refractivity contribution in [2.75, 3.05) is 0 Å². The van der Waals surface area contributed by atoms with E-state index in [-0.39, 0.29) is 5.78 Å². The van der Waals surface area contributed by atoms with Crippen molar-refractivity contribution < 1.29 is 14.3 Å². The summed E-state index contributed by atoms with van der Waals surface area (Å²) in [6.45, 7) is 2.02. The van der Waals surface area contributed by atoms with Gasteiger partial charge in [-0.1, -0.05) is 84.2 Å². The van der Waals surface area contributed by atoms with Crippen LogP contribution in [0.5, 0.6) is 5.75 Å². The number of ether oxygens (including phenoxy) is 1. The van der Waals surface area contributed by atoms with Gasteiger partial charge in [0.1, 0.15) is 5.75 Å². The molecule has 2 rings (SSSR count). The number of alkyl halides is 1. The smallest absolute Gasteiger partial charge is 0.336 e. The Morgan fingerprint density at radius 2 is 1.57 bits per heavy atom. The number of unbranched alkanes of at least 4 members (excludes halogenated alkanes) is 1. The molecule has 2 aromatic rings. The number of Topliss-reactive ketones (excluding diaryl/α,β-unsaturated/α-hetero) is 1. The van der Waals surface area contributed by atoms with Gasteiger partial charge in [-0.15, -0.1) is 0 Å². The third-order valence-electron chi connectivity index (χ3n) is 3.55. The third-order valence-corrected chi connectivity index (χ3v) is 4.63. The molecule has 0 radical (unpaired) electrons. The Kier molecular flexibility index (Phi) is 6.11. The van der Waals surface area contributed by atoms with Crippen LogP contribution in [-0.2, 0) is 4.79 Å². The van der Waals surface area contributed by atoms with Gasteiger partial charge in [0.25, 0.3) is 0 Å². The molecule has 0 aromatic heterocycles. The minimum Gasteiger partial charge on any atom is -0.425 e. The Hall–Kier alpha value is -1.94. The highest BCUT2D eigenvalue weighted by atomic mass is 79.9. The maximum atomic E-state index is 12.9. The van der Waals surface area contributed by atoms with Gasteiger partial charge < -0.3 is 4.74 Å². The minimum atomic E-state index is -1.36. The number of carbonyl (C=O) groups is 2. The molecule has 0 spiro atoms. The number of para-hydroxylation sites is 1. The molecule has 0 amide bonds. The fourth-order valence-electron chi connectivity index (χ4n) is 2.22. The van der Waals surface area contributed by atoms with Crippen LogP contribution in [-0.4, -0.2) is 16.1 Å². The van der Waals surface area contributed by atoms with E-state index in [1.807, 2.05) is 19.1 Å². The van der Waals surface area contributed by atoms with E-state index < -0.39 is 10.3 Å². The summed E-state index contributed by atoms with van der Waals surface area (Å²) in [5, 5.41) is 0. The first-order valence-electron chi connectivity index (χ1n) is 7.64. The van der Waals surface area contributed by atoms with E-state index in [4.69, 9.17) is 4.74 Å². The zero-order valence-electron chi connectivity index (χ0n) is 13.0. The van der Waals surface area contributed by atoms with E-state index in [9.17, 15) is 9.59 Å². The molecule has 23 heavy (non-hydrogen) atoms. The van der Waals surface area contributed by atoms with Crippen molar-refractivity contribution in [3.63, 3.8) is 0 Å². The Morgan fingerprint density at radius 1 is 1.00 bits per heavy atom. The maximum absolute atomic E-state index is 12.9. The lowest BCUT2D eigenvalue weighted by atomic mass is 9.92. The fourth-order valence-corrected chi connectivity index (χ4v) is 2.81. The largest absolute Gasteiger partial charge is 0.425 e. The first kappa shape index (κ1) is 17.4. The predicted octanol–water partition coefficient (Wildman–Crippen LogP) is 4.80. The summed E-state index contributed by atoms with van der Waals surface area (Å²) >= 11 is 3.39. The second kappa shape index (κ2) is 8.06. The van der Waals surface area contributed by atoms with Crippen molar-refractivity contribution in [3.05, 3.63) is 66.2 Å². The van der Waals surface area contributed by atoms with E-state index in [0.29, 0.717) is 17.7 Å². The molecule has 0 fully saturated rings. The molecule has 0 aliphatic carbocycles. The van der Waals surface area contributed by atoms with Gasteiger partial charge >= 0.3 is 5.97 Å². The minimum absolute atomic E-state index is 0.271. The van der Waals surface area contributed by atoms with Gasteiger partial charge in [0.2, 0.25) is 0 Å². The number of benzene rings is 2. The Morgan fingerprint density at radius 3 is 2.13 bits per heavy atom. The standard InChI is InChI=1S/C19H19BrO3/c1-2-3-14-19(20,17(21)15-10-6-4-7-11-15)18(22)23-16-12-8-5-9-13-16/h4-13H,2-3,14H2,1H3. The Balaban J connectivity index is 2.27. The quantitative estimate of drug-likeness (QED) is 0.230. The molecule has 120 valence electrons. The van der Waals surface area contributed by atoms with Crippen LogP contribution in [0.4, 0.5) is 0 Å². The van der Waals surface area contributed by atoms with Crippen LogP contribution in [0.3, 0.4) is 0 Å². The highest BCUT2D eigenvalue weighted by Gasteiger charge is 2.45. The van der Waals surface area contributed by atoms with Crippen LogP contribution in [0.2, 0.25) is 0 Å². The van der Waals surface area contributed by atoms with E-state index >= 15 is 0 Å². The second-order valence-corrected chi connectivity index (χ2v) is 6.66. The molecule has 4 heteroatoms. The highest BCUT2D eigenvalue weighted by Crippen LogP contribution is 2.32. The van der Waals surface area contributed by atoms with E-state index in [0.717, 1.165) is 12.8 Å². The normalized spacial score (nSPS) is 13.1. The number of carbonyl (C=O) groups excluding carboxylic acids is 2. The van der Waals surface area contributed by atoms with Crippen LogP contribution >= 0.6 is 15.9 Å². The van der Waals surface area contributed by atoms with Crippen LogP contribution in [0.15, 0.2) is 60.7 Å². The molecule has 3 nitrogen and oxygen atoms in total. The molecular formula is C19H19BrO3. The monoisotopic (exact) mass is 374 g/mol. The van der Waals surface area contributed by atoms with E-state index in [1.165, 1.54) is 0 Å². The molecule has 1 unspecified atom stereocenters. The van der Waals surface area contributed by atoms with Crippen LogP contribution in [0, 0.1) is 0 Å². The summed E-state index contributed by atoms with van der Waals surface area (Å²) in [4.78, 5) is 25.5. The summed E-state index contributed by atoms with van der Waals surface area (Å²) < 4.78 is 4.05. The van der Waals surface area contributed by atoms with Crippen molar-refractivity contribution in [2.45, 2.75) is 30.5 Å². The van der Waals surface area contributed by atoms with Gasteiger partial charge in [-0.25, -0.2) is 4.79 Å². The number of halogens is 1. The van der Waals surface area contributed by atoms with Crippen molar-refractivity contribution in [3.8, 4) is 5.75 Å². The van der Waals surface area contributed by atoms with Gasteiger partial charge in [0, 0.05) is 5.56 Å². The number of hydrogen-bond acceptors (Lipinski definition) is 3. The molecule has 0 N–H and O–H groups in total. The first-order valence-corrected chi connectivity index (χ1v) is 8.43. The molecule has 1 atom stereocenters. The molecular weight excluding hydrogens is 356 g/mol. The Labute approximate surface area is 144 Å². The fraction of sp³-hybridized carbons (Fsp3) is 0.263. The van der Waals surface area contributed by atoms with Crippen LogP contribution in [0.25, 0.3) is 0 Å². The van der Waals surface area contributed by atoms with Gasteiger partial charge in [0.15, 0.2) is 10.1 Å². The van der Waals surface area contributed by atoms with Crippen molar-refractivity contribution in [2.24, 2.45) is 0 Å². The predicted molar refractivity (Wildman–Crippen MR) is 94.0 cm³/mol. The van der Waals surface area contributed by atoms with Gasteiger partial charge in [0.05, 0.1) is 0 Å². The summed E-state index contributed by atoms with van der Waals surface area (Å²) in [6.07, 6.45) is 2.02. The highest BCUT2D eigenvalue weighted by molar-refractivity contribution is 9.10. The lowest BCUT2D eigenvalue weighted by Gasteiger charge is -2.24. The first-order chi connectivity index (χ1) is 11.1. The summed E-state index contributed by atoms with van der Waals surface area (Å²) in [5.41, 5.74) is 0.491. The average Bonchev–Trinajstić information content (AvgIpc) is 2.60. The molecule has 2 aromatic carbocycles. The lowest BCUT2D eigenvalue weighted by Crippen LogP contribution is -2.43.